The van der Waals surface area contributed by atoms with Gasteiger partial charge in [-0.1, -0.05) is 0 Å². The third-order valence-corrected chi connectivity index (χ3v) is 2.84. The van der Waals surface area contributed by atoms with E-state index in [9.17, 15) is 4.79 Å². The van der Waals surface area contributed by atoms with E-state index in [-0.39, 0.29) is 12.4 Å². The Morgan fingerprint density at radius 2 is 2.00 bits per heavy atom. The Bertz CT molecular complexity index is 586. The van der Waals surface area contributed by atoms with E-state index >= 15 is 0 Å². The highest BCUT2D eigenvalue weighted by molar-refractivity contribution is 5.72. The van der Waals surface area contributed by atoms with Crippen LogP contribution in [0.1, 0.15) is 18.4 Å². The fraction of sp³-hybridized carbons (Fsp3) is 0.333. The molecule has 0 radical (unpaired) electrons. The lowest BCUT2D eigenvalue weighted by Crippen LogP contribution is -2.07. The van der Waals surface area contributed by atoms with Crippen molar-refractivity contribution in [1.29, 1.82) is 0 Å². The quantitative estimate of drug-likeness (QED) is 0.785. The zero-order valence-electron chi connectivity index (χ0n) is 11.8. The van der Waals surface area contributed by atoms with E-state index < -0.39 is 0 Å². The molecule has 106 valence electrons. The van der Waals surface area contributed by atoms with Crippen molar-refractivity contribution >= 4 is 5.97 Å². The van der Waals surface area contributed by atoms with E-state index in [1.54, 1.807) is 14.0 Å². The van der Waals surface area contributed by atoms with Crippen molar-refractivity contribution in [2.75, 3.05) is 13.7 Å². The lowest BCUT2D eigenvalue weighted by molar-refractivity contribution is -0.142. The molecule has 2 aromatic rings. The van der Waals surface area contributed by atoms with Crippen molar-refractivity contribution in [3.8, 4) is 17.2 Å². The molecule has 0 aliphatic heterocycles. The summed E-state index contributed by atoms with van der Waals surface area (Å²) in [6.07, 6.45) is 0.100. The van der Waals surface area contributed by atoms with Crippen LogP contribution < -0.4 is 4.74 Å². The highest BCUT2D eigenvalue weighted by Crippen LogP contribution is 2.24. The second-order valence-corrected chi connectivity index (χ2v) is 4.24. The summed E-state index contributed by atoms with van der Waals surface area (Å²) < 4.78 is 15.6. The average Bonchev–Trinajstić information content (AvgIpc) is 2.80. The topological polar surface area (TPSA) is 61.6 Å². The molecular formula is C15H17NO4. The second-order valence-electron chi connectivity index (χ2n) is 4.24. The number of nitrogens with zero attached hydrogens (tertiary/aromatic N) is 1. The molecule has 0 saturated heterocycles. The number of hydrogen-bond acceptors (Lipinski definition) is 5. The van der Waals surface area contributed by atoms with Gasteiger partial charge in [0.1, 0.15) is 17.9 Å². The number of rotatable bonds is 5. The maximum Gasteiger partial charge on any atom is 0.313 e. The molecule has 0 spiro atoms. The maximum atomic E-state index is 11.5. The first kappa shape index (κ1) is 14.1. The summed E-state index contributed by atoms with van der Waals surface area (Å²) in [5.41, 5.74) is 1.54. The SMILES string of the molecule is CCOC(=O)Cc1oc(-c2ccc(OC)cc2)nc1C. The lowest BCUT2D eigenvalue weighted by Gasteiger charge is -2.00. The van der Waals surface area contributed by atoms with E-state index in [1.807, 2.05) is 31.2 Å². The summed E-state index contributed by atoms with van der Waals surface area (Å²) in [4.78, 5) is 15.8. The number of benzene rings is 1. The Morgan fingerprint density at radius 1 is 1.30 bits per heavy atom. The molecule has 0 fully saturated rings. The number of oxazole rings is 1. The number of methoxy groups -OCH3 is 1. The monoisotopic (exact) mass is 275 g/mol. The van der Waals surface area contributed by atoms with Crippen molar-refractivity contribution in [1.82, 2.24) is 4.98 Å². The molecule has 0 aliphatic carbocycles. The molecule has 0 unspecified atom stereocenters. The van der Waals surface area contributed by atoms with Crippen LogP contribution >= 0.6 is 0 Å². The molecule has 5 nitrogen and oxygen atoms in total. The minimum Gasteiger partial charge on any atom is -0.497 e. The smallest absolute Gasteiger partial charge is 0.313 e. The third-order valence-electron chi connectivity index (χ3n) is 2.84. The molecule has 5 heteroatoms. The number of ether oxygens (including phenoxy) is 2. The molecule has 20 heavy (non-hydrogen) atoms. The second kappa shape index (κ2) is 6.23. The van der Waals surface area contributed by atoms with Gasteiger partial charge in [-0.2, -0.15) is 0 Å². The van der Waals surface area contributed by atoms with Gasteiger partial charge in [-0.15, -0.1) is 0 Å². The highest BCUT2D eigenvalue weighted by atomic mass is 16.5. The predicted molar refractivity (Wildman–Crippen MR) is 73.6 cm³/mol. The van der Waals surface area contributed by atoms with Gasteiger partial charge in [-0.05, 0) is 38.1 Å². The van der Waals surface area contributed by atoms with Crippen molar-refractivity contribution in [2.45, 2.75) is 20.3 Å². The zero-order valence-corrected chi connectivity index (χ0v) is 11.8. The highest BCUT2D eigenvalue weighted by Gasteiger charge is 2.15. The standard InChI is InChI=1S/C15H17NO4/c1-4-19-14(17)9-13-10(2)16-15(20-13)11-5-7-12(18-3)8-6-11/h5-8H,4,9H2,1-3H3. The normalized spacial score (nSPS) is 10.3. The fourth-order valence-electron chi connectivity index (χ4n) is 1.79. The van der Waals surface area contributed by atoms with Gasteiger partial charge >= 0.3 is 5.97 Å². The molecule has 0 saturated carbocycles. The van der Waals surface area contributed by atoms with E-state index in [4.69, 9.17) is 13.9 Å². The third kappa shape index (κ3) is 3.17. The van der Waals surface area contributed by atoms with Crippen molar-refractivity contribution < 1.29 is 18.7 Å². The Labute approximate surface area is 117 Å². The average molecular weight is 275 g/mol. The van der Waals surface area contributed by atoms with Gasteiger partial charge in [0.2, 0.25) is 5.89 Å². The van der Waals surface area contributed by atoms with Crippen LogP contribution in [0.4, 0.5) is 0 Å². The fourth-order valence-corrected chi connectivity index (χ4v) is 1.79. The summed E-state index contributed by atoms with van der Waals surface area (Å²) >= 11 is 0. The Kier molecular flexibility index (Phi) is 4.40. The summed E-state index contributed by atoms with van der Waals surface area (Å²) in [7, 11) is 1.61. The van der Waals surface area contributed by atoms with Crippen LogP contribution in [0, 0.1) is 6.92 Å². The summed E-state index contributed by atoms with van der Waals surface area (Å²) in [6.45, 7) is 3.94. The minimum atomic E-state index is -0.312. The minimum absolute atomic E-state index is 0.100. The van der Waals surface area contributed by atoms with Crippen molar-refractivity contribution in [2.24, 2.45) is 0 Å². The van der Waals surface area contributed by atoms with Gasteiger partial charge in [0.05, 0.1) is 19.4 Å². The number of carbonyl (C=O) groups excluding carboxylic acids is 1. The number of aryl methyl sites for hydroxylation is 1. The summed E-state index contributed by atoms with van der Waals surface area (Å²) in [5, 5.41) is 0. The first-order valence-corrected chi connectivity index (χ1v) is 6.40. The van der Waals surface area contributed by atoms with Gasteiger partial charge < -0.3 is 13.9 Å². The lowest BCUT2D eigenvalue weighted by atomic mass is 10.2. The van der Waals surface area contributed by atoms with Crippen LogP contribution in [0.25, 0.3) is 11.5 Å². The van der Waals surface area contributed by atoms with E-state index in [0.29, 0.717) is 24.0 Å². The van der Waals surface area contributed by atoms with Gasteiger partial charge in [0, 0.05) is 5.56 Å². The van der Waals surface area contributed by atoms with Crippen molar-refractivity contribution in [3.63, 3.8) is 0 Å². The number of hydrogen-bond donors (Lipinski definition) is 0. The predicted octanol–water partition coefficient (Wildman–Crippen LogP) is 2.76. The van der Waals surface area contributed by atoms with E-state index in [0.717, 1.165) is 11.3 Å². The molecule has 2 rings (SSSR count). The number of aromatic nitrogens is 1. The number of carbonyl (C=O) groups is 1. The van der Waals surface area contributed by atoms with Gasteiger partial charge in [0.15, 0.2) is 0 Å². The van der Waals surface area contributed by atoms with Gasteiger partial charge in [0.25, 0.3) is 0 Å². The Morgan fingerprint density at radius 3 is 2.60 bits per heavy atom. The molecule has 1 heterocycles. The zero-order chi connectivity index (χ0) is 14.5. The largest absolute Gasteiger partial charge is 0.497 e. The van der Waals surface area contributed by atoms with Crippen molar-refractivity contribution in [3.05, 3.63) is 35.7 Å². The van der Waals surface area contributed by atoms with Gasteiger partial charge in [-0.3, -0.25) is 4.79 Å². The van der Waals surface area contributed by atoms with Crippen LogP contribution in [-0.2, 0) is 16.0 Å². The summed E-state index contributed by atoms with van der Waals surface area (Å²) in [5.74, 6) is 1.48. The number of esters is 1. The molecule has 0 atom stereocenters. The molecule has 0 amide bonds. The first-order valence-electron chi connectivity index (χ1n) is 6.40. The van der Waals surface area contributed by atoms with Crippen LogP contribution in [0.2, 0.25) is 0 Å². The van der Waals surface area contributed by atoms with E-state index in [1.165, 1.54) is 0 Å². The maximum absolute atomic E-state index is 11.5. The molecule has 0 aliphatic rings. The molecular weight excluding hydrogens is 258 g/mol. The molecule has 1 aromatic heterocycles. The molecule has 0 bridgehead atoms. The molecule has 0 N–H and O–H groups in total. The van der Waals surface area contributed by atoms with Crippen LogP contribution in [0.3, 0.4) is 0 Å². The summed E-state index contributed by atoms with van der Waals surface area (Å²) in [6, 6.07) is 7.39. The Hall–Kier alpha value is -2.30. The van der Waals surface area contributed by atoms with Crippen LogP contribution in [0.15, 0.2) is 28.7 Å². The Balaban J connectivity index is 2.19. The molecule has 1 aromatic carbocycles. The first-order chi connectivity index (χ1) is 9.63. The van der Waals surface area contributed by atoms with Crippen LogP contribution in [-0.4, -0.2) is 24.7 Å². The van der Waals surface area contributed by atoms with E-state index in [2.05, 4.69) is 4.98 Å². The van der Waals surface area contributed by atoms with Crippen LogP contribution in [0.5, 0.6) is 5.75 Å². The van der Waals surface area contributed by atoms with Gasteiger partial charge in [-0.25, -0.2) is 4.98 Å².